The van der Waals surface area contributed by atoms with Crippen LogP contribution in [-0.4, -0.2) is 68.7 Å². The van der Waals surface area contributed by atoms with E-state index < -0.39 is 29.1 Å². The molecule has 6 nitrogen and oxygen atoms in total. The third-order valence-electron chi connectivity index (χ3n) is 10.6. The number of carbonyl (C=O) groups is 1. The van der Waals surface area contributed by atoms with Gasteiger partial charge in [0.2, 0.25) is 0 Å². The highest BCUT2D eigenvalue weighted by Crippen LogP contribution is 2.88. The number of hydrogen-bond acceptors (Lipinski definition) is 6. The highest BCUT2D eigenvalue weighted by Gasteiger charge is 2.94. The number of rotatable bonds is 1. The maximum Gasteiger partial charge on any atom is 0.302 e. The van der Waals surface area contributed by atoms with Gasteiger partial charge in [0.15, 0.2) is 0 Å². The molecule has 152 valence electrons. The summed E-state index contributed by atoms with van der Waals surface area (Å²) in [7, 11) is 0. The monoisotopic (exact) mass is 387 g/mol. The molecule has 0 radical (unpaired) electrons. The Kier molecular flexibility index (Phi) is 2.55. The van der Waals surface area contributed by atoms with Crippen molar-refractivity contribution in [3.05, 3.63) is 12.2 Å². The Morgan fingerprint density at radius 1 is 1.25 bits per heavy atom. The molecule has 9 aliphatic rings. The molecule has 2 spiro atoms. The lowest BCUT2D eigenvalue weighted by atomic mass is 9.39. The van der Waals surface area contributed by atoms with Crippen molar-refractivity contribution in [3.63, 3.8) is 0 Å². The van der Waals surface area contributed by atoms with Gasteiger partial charge >= 0.3 is 5.97 Å². The van der Waals surface area contributed by atoms with Crippen LogP contribution >= 0.6 is 0 Å². The van der Waals surface area contributed by atoms with E-state index in [1.807, 2.05) is 0 Å². The van der Waals surface area contributed by atoms with Crippen molar-refractivity contribution in [1.82, 2.24) is 4.90 Å². The van der Waals surface area contributed by atoms with Crippen LogP contribution in [0.1, 0.15) is 39.5 Å². The second kappa shape index (κ2) is 4.25. The van der Waals surface area contributed by atoms with Crippen LogP contribution in [0.2, 0.25) is 0 Å². The molecule has 9 bridgehead atoms. The zero-order chi connectivity index (χ0) is 19.6. The molecule has 9 rings (SSSR count). The van der Waals surface area contributed by atoms with Crippen LogP contribution in [0.5, 0.6) is 0 Å². The van der Waals surface area contributed by atoms with Crippen molar-refractivity contribution in [1.29, 1.82) is 0 Å². The zero-order valence-corrected chi connectivity index (χ0v) is 16.5. The molecule has 3 aliphatic heterocycles. The van der Waals surface area contributed by atoms with Crippen LogP contribution in [0.3, 0.4) is 0 Å². The van der Waals surface area contributed by atoms with E-state index in [9.17, 15) is 20.1 Å². The van der Waals surface area contributed by atoms with E-state index in [4.69, 9.17) is 4.74 Å². The first-order valence-electron chi connectivity index (χ1n) is 10.8. The predicted molar refractivity (Wildman–Crippen MR) is 97.9 cm³/mol. The van der Waals surface area contributed by atoms with E-state index in [2.05, 4.69) is 18.4 Å². The summed E-state index contributed by atoms with van der Waals surface area (Å²) in [4.78, 5) is 14.3. The summed E-state index contributed by atoms with van der Waals surface area (Å²) >= 11 is 0. The van der Waals surface area contributed by atoms with Gasteiger partial charge in [0, 0.05) is 48.2 Å². The van der Waals surface area contributed by atoms with E-state index in [-0.39, 0.29) is 34.9 Å². The van der Waals surface area contributed by atoms with Crippen molar-refractivity contribution < 1.29 is 24.9 Å². The number of nitrogens with zero attached hydrogens (tertiary/aromatic N) is 1. The predicted octanol–water partition coefficient (Wildman–Crippen LogP) is 0.450. The lowest BCUT2D eigenvalue weighted by Crippen LogP contribution is -2.76. The average molecular weight is 387 g/mol. The van der Waals surface area contributed by atoms with Gasteiger partial charge in [0.05, 0.1) is 12.2 Å². The molecule has 0 aromatic rings. The maximum atomic E-state index is 12.2. The lowest BCUT2D eigenvalue weighted by Gasteiger charge is -2.67. The Morgan fingerprint density at radius 3 is 2.71 bits per heavy atom. The van der Waals surface area contributed by atoms with E-state index in [1.54, 1.807) is 0 Å². The van der Waals surface area contributed by atoms with Crippen molar-refractivity contribution >= 4 is 5.97 Å². The van der Waals surface area contributed by atoms with Crippen molar-refractivity contribution in [2.45, 2.75) is 75.5 Å². The SMILES string of the molecule is C=C1CC23C[C@H]4[C@@H]5[C@@]6(C)CC(OC(C)=O)C[C@@]57[C@@H]2[C@H](O)[C@@H]1C(O)[C@]3(O)[C@@H]7N4C6. The first-order valence-corrected chi connectivity index (χ1v) is 10.8. The average Bonchev–Trinajstić information content (AvgIpc) is 2.97. The highest BCUT2D eigenvalue weighted by atomic mass is 16.5. The Morgan fingerprint density at radius 2 is 2.00 bits per heavy atom. The molecule has 4 unspecified atom stereocenters. The standard InChI is InChI=1S/C22H29NO5/c1-9-4-20-7-12-15-19(3)5-11(28-10(2)24)6-21(15)16(20)14(25)13(9)17(26)22(20,27)18(21)23(12)8-19/h11-18,25-27H,1,4-8H2,2-3H3/t11?,12-,13+,14+,15+,16+,17?,18+,19-,20?,21-,22-/m0/s1. The summed E-state index contributed by atoms with van der Waals surface area (Å²) in [6.07, 6.45) is 1.27. The van der Waals surface area contributed by atoms with Gasteiger partial charge in [-0.2, -0.15) is 0 Å². The summed E-state index contributed by atoms with van der Waals surface area (Å²) in [5.41, 5.74) is -1.07. The molecule has 9 fully saturated rings. The fourth-order valence-corrected chi connectivity index (χ4v) is 11.0. The molecule has 0 amide bonds. The Labute approximate surface area is 164 Å². The Bertz CT molecular complexity index is 860. The molecular weight excluding hydrogens is 358 g/mol. The minimum Gasteiger partial charge on any atom is -0.463 e. The number of esters is 1. The van der Waals surface area contributed by atoms with Crippen LogP contribution in [-0.2, 0) is 9.53 Å². The smallest absolute Gasteiger partial charge is 0.302 e. The van der Waals surface area contributed by atoms with Gasteiger partial charge < -0.3 is 20.1 Å². The number of hydrogen-bond donors (Lipinski definition) is 3. The van der Waals surface area contributed by atoms with Gasteiger partial charge in [-0.25, -0.2) is 0 Å². The van der Waals surface area contributed by atoms with Gasteiger partial charge in [0.1, 0.15) is 11.7 Å². The Hall–Kier alpha value is -0.950. The number of ether oxygens (including phenoxy) is 1. The quantitative estimate of drug-likeness (QED) is 0.447. The van der Waals surface area contributed by atoms with E-state index in [0.29, 0.717) is 24.8 Å². The molecule has 13 atom stereocenters. The number of aliphatic hydroxyl groups is 3. The van der Waals surface area contributed by atoms with Gasteiger partial charge in [0.25, 0.3) is 0 Å². The fraction of sp³-hybridized carbons (Fsp3) is 0.864. The van der Waals surface area contributed by atoms with Crippen molar-refractivity contribution in [2.75, 3.05) is 6.54 Å². The van der Waals surface area contributed by atoms with Crippen LogP contribution in [0.4, 0.5) is 0 Å². The molecule has 28 heavy (non-hydrogen) atoms. The summed E-state index contributed by atoms with van der Waals surface area (Å²) in [5, 5.41) is 35.1. The number of aliphatic hydroxyl groups excluding tert-OH is 2. The van der Waals surface area contributed by atoms with E-state index in [1.165, 1.54) is 6.92 Å². The molecular formula is C22H29NO5. The maximum absolute atomic E-state index is 12.2. The van der Waals surface area contributed by atoms with Gasteiger partial charge in [-0.05, 0) is 37.0 Å². The minimum atomic E-state index is -1.20. The topological polar surface area (TPSA) is 90.2 Å². The van der Waals surface area contributed by atoms with Gasteiger partial charge in [-0.15, -0.1) is 0 Å². The summed E-state index contributed by atoms with van der Waals surface area (Å²) in [6.45, 7) is 8.85. The molecule has 3 N–H and O–H groups in total. The van der Waals surface area contributed by atoms with Gasteiger partial charge in [-0.3, -0.25) is 9.69 Å². The molecule has 0 aromatic carbocycles. The molecule has 6 aliphatic carbocycles. The number of fused-ring (bicyclic) bond motifs is 1. The van der Waals surface area contributed by atoms with Gasteiger partial charge in [-0.1, -0.05) is 19.1 Å². The fourth-order valence-electron chi connectivity index (χ4n) is 11.0. The van der Waals surface area contributed by atoms with Crippen molar-refractivity contribution in [2.24, 2.45) is 34.0 Å². The molecule has 3 heterocycles. The van der Waals surface area contributed by atoms with Crippen LogP contribution in [0.15, 0.2) is 12.2 Å². The second-order valence-corrected chi connectivity index (χ2v) is 11.5. The number of piperidine rings is 2. The summed E-state index contributed by atoms with van der Waals surface area (Å²) < 4.78 is 5.75. The largest absolute Gasteiger partial charge is 0.463 e. The lowest BCUT2D eigenvalue weighted by molar-refractivity contribution is -0.280. The minimum absolute atomic E-state index is 0.0237. The second-order valence-electron chi connectivity index (χ2n) is 11.5. The van der Waals surface area contributed by atoms with Crippen molar-refractivity contribution in [3.8, 4) is 0 Å². The molecule has 6 saturated carbocycles. The summed E-state index contributed by atoms with van der Waals surface area (Å²) in [5.74, 6) is -0.379. The molecule has 0 aromatic heterocycles. The molecule has 6 heteroatoms. The molecule has 3 saturated heterocycles. The normalized spacial score (nSPS) is 69.3. The van der Waals surface area contributed by atoms with Crippen LogP contribution < -0.4 is 0 Å². The third kappa shape index (κ3) is 1.26. The highest BCUT2D eigenvalue weighted by molar-refractivity contribution is 5.66. The third-order valence-corrected chi connectivity index (χ3v) is 10.6. The first-order chi connectivity index (χ1) is 13.1. The van der Waals surface area contributed by atoms with Crippen LogP contribution in [0, 0.1) is 34.0 Å². The Balaban J connectivity index is 1.49. The van der Waals surface area contributed by atoms with E-state index >= 15 is 0 Å². The summed E-state index contributed by atoms with van der Waals surface area (Å²) in [6, 6.07) is 0.245. The zero-order valence-electron chi connectivity index (χ0n) is 16.5. The first kappa shape index (κ1) is 16.8. The number of carbonyl (C=O) groups excluding carboxylic acids is 1. The van der Waals surface area contributed by atoms with E-state index in [0.717, 1.165) is 25.0 Å². The van der Waals surface area contributed by atoms with Crippen LogP contribution in [0.25, 0.3) is 0 Å².